The molecule has 1 heterocycles. The van der Waals surface area contributed by atoms with Crippen LogP contribution in [0.5, 0.6) is 0 Å². The summed E-state index contributed by atoms with van der Waals surface area (Å²) in [7, 11) is 0. The topological polar surface area (TPSA) is 63.3 Å². The van der Waals surface area contributed by atoms with Crippen LogP contribution in [0.2, 0.25) is 0 Å². The third-order valence-electron chi connectivity index (χ3n) is 4.59. The van der Waals surface area contributed by atoms with Crippen LogP contribution in [0.15, 0.2) is 34.7 Å². The van der Waals surface area contributed by atoms with Crippen molar-refractivity contribution in [3.63, 3.8) is 0 Å². The number of hydrogen-bond donors (Lipinski definition) is 1. The van der Waals surface area contributed by atoms with Gasteiger partial charge < -0.3 is 9.52 Å². The molecule has 2 unspecified atom stereocenters. The van der Waals surface area contributed by atoms with Crippen molar-refractivity contribution in [2.24, 2.45) is 11.8 Å². The van der Waals surface area contributed by atoms with E-state index in [1.165, 1.54) is 19.3 Å². The Bertz CT molecular complexity index is 652. The fourth-order valence-electron chi connectivity index (χ4n) is 3.63. The summed E-state index contributed by atoms with van der Waals surface area (Å²) in [6.45, 7) is 0. The van der Waals surface area contributed by atoms with E-state index in [0.29, 0.717) is 23.5 Å². The molecule has 102 valence electrons. The minimum Gasteiger partial charge on any atom is -0.476 e. The van der Waals surface area contributed by atoms with Crippen LogP contribution in [-0.2, 0) is 0 Å². The van der Waals surface area contributed by atoms with Crippen molar-refractivity contribution in [2.75, 3.05) is 0 Å². The van der Waals surface area contributed by atoms with E-state index in [4.69, 9.17) is 4.42 Å². The molecule has 2 saturated carbocycles. The highest BCUT2D eigenvalue weighted by Gasteiger charge is 2.56. The van der Waals surface area contributed by atoms with Crippen LogP contribution in [0.4, 0.5) is 0 Å². The summed E-state index contributed by atoms with van der Waals surface area (Å²) < 4.78 is 5.83. The minimum atomic E-state index is -0.990. The van der Waals surface area contributed by atoms with Gasteiger partial charge in [-0.25, -0.2) is 9.78 Å². The highest BCUT2D eigenvalue weighted by molar-refractivity contribution is 5.87. The molecule has 4 heteroatoms. The number of benzene rings is 1. The van der Waals surface area contributed by atoms with Gasteiger partial charge >= 0.3 is 5.97 Å². The fraction of sp³-hybridized carbons (Fsp3) is 0.375. The quantitative estimate of drug-likeness (QED) is 0.925. The predicted molar refractivity (Wildman–Crippen MR) is 72.5 cm³/mol. The summed E-state index contributed by atoms with van der Waals surface area (Å²) >= 11 is 0. The van der Waals surface area contributed by atoms with Crippen molar-refractivity contribution >= 4 is 5.97 Å². The first-order valence-electron chi connectivity index (χ1n) is 7.05. The van der Waals surface area contributed by atoms with E-state index in [2.05, 4.69) is 4.98 Å². The number of fused-ring (bicyclic) bond motifs is 1. The van der Waals surface area contributed by atoms with Gasteiger partial charge in [0.05, 0.1) is 0 Å². The zero-order valence-corrected chi connectivity index (χ0v) is 11.0. The highest BCUT2D eigenvalue weighted by atomic mass is 16.4. The lowest BCUT2D eigenvalue weighted by molar-refractivity contribution is 0.0688. The highest BCUT2D eigenvalue weighted by Crippen LogP contribution is 2.63. The Morgan fingerprint density at radius 3 is 2.55 bits per heavy atom. The van der Waals surface area contributed by atoms with E-state index in [1.54, 1.807) is 0 Å². The second-order valence-electron chi connectivity index (χ2n) is 5.69. The summed E-state index contributed by atoms with van der Waals surface area (Å²) in [6, 6.07) is 9.47. The lowest BCUT2D eigenvalue weighted by atomic mass is 10.1. The van der Waals surface area contributed by atoms with Gasteiger partial charge in [-0.05, 0) is 36.8 Å². The third kappa shape index (κ3) is 1.68. The number of aromatic nitrogens is 1. The standard InChI is InChI=1S/C16H15NO3/c18-16(19)13-14(12-10-7-4-8-11(10)12)20-15(17-13)9-5-2-1-3-6-9/h1-3,5-6,10-12H,4,7-8H2,(H,18,19). The Morgan fingerprint density at radius 1 is 1.20 bits per heavy atom. The van der Waals surface area contributed by atoms with Crippen LogP contribution in [0.3, 0.4) is 0 Å². The molecule has 1 aromatic carbocycles. The number of oxazole rings is 1. The van der Waals surface area contributed by atoms with Gasteiger partial charge in [0.25, 0.3) is 0 Å². The second kappa shape index (κ2) is 4.20. The van der Waals surface area contributed by atoms with Crippen LogP contribution < -0.4 is 0 Å². The van der Waals surface area contributed by atoms with E-state index in [-0.39, 0.29) is 11.6 Å². The van der Waals surface area contributed by atoms with E-state index >= 15 is 0 Å². The lowest BCUT2D eigenvalue weighted by Gasteiger charge is -1.99. The Morgan fingerprint density at radius 2 is 1.90 bits per heavy atom. The molecule has 2 aliphatic rings. The van der Waals surface area contributed by atoms with Gasteiger partial charge in [-0.3, -0.25) is 0 Å². The van der Waals surface area contributed by atoms with Crippen molar-refractivity contribution in [1.29, 1.82) is 0 Å². The first kappa shape index (κ1) is 11.7. The Hall–Kier alpha value is -2.10. The van der Waals surface area contributed by atoms with E-state index in [1.807, 2.05) is 30.3 Å². The van der Waals surface area contributed by atoms with Crippen molar-refractivity contribution in [3.05, 3.63) is 41.8 Å². The SMILES string of the molecule is O=C(O)c1nc(-c2ccccc2)oc1C1C2CCCC21. The summed E-state index contributed by atoms with van der Waals surface area (Å²) in [6.07, 6.45) is 3.64. The van der Waals surface area contributed by atoms with Crippen LogP contribution in [0, 0.1) is 11.8 Å². The molecule has 20 heavy (non-hydrogen) atoms. The van der Waals surface area contributed by atoms with E-state index < -0.39 is 5.97 Å². The summed E-state index contributed by atoms with van der Waals surface area (Å²) in [5.74, 6) is 1.53. The van der Waals surface area contributed by atoms with Crippen LogP contribution in [0.1, 0.15) is 41.4 Å². The second-order valence-corrected chi connectivity index (χ2v) is 5.69. The molecule has 0 bridgehead atoms. The van der Waals surface area contributed by atoms with Crippen LogP contribution in [-0.4, -0.2) is 16.1 Å². The Labute approximate surface area is 116 Å². The lowest BCUT2D eigenvalue weighted by Crippen LogP contribution is -2.01. The molecular weight excluding hydrogens is 254 g/mol. The average molecular weight is 269 g/mol. The molecule has 4 rings (SSSR count). The summed E-state index contributed by atoms with van der Waals surface area (Å²) in [4.78, 5) is 15.6. The van der Waals surface area contributed by atoms with Crippen molar-refractivity contribution in [3.8, 4) is 11.5 Å². The molecule has 1 aromatic heterocycles. The van der Waals surface area contributed by atoms with Gasteiger partial charge in [0.2, 0.25) is 5.89 Å². The number of carbonyl (C=O) groups is 1. The van der Waals surface area contributed by atoms with Crippen LogP contribution >= 0.6 is 0 Å². The van der Waals surface area contributed by atoms with Gasteiger partial charge in [-0.2, -0.15) is 0 Å². The largest absolute Gasteiger partial charge is 0.476 e. The van der Waals surface area contributed by atoms with E-state index in [9.17, 15) is 9.90 Å². The molecule has 0 amide bonds. The number of rotatable bonds is 3. The fourth-order valence-corrected chi connectivity index (χ4v) is 3.63. The van der Waals surface area contributed by atoms with Gasteiger partial charge in [0.1, 0.15) is 5.76 Å². The van der Waals surface area contributed by atoms with Crippen molar-refractivity contribution in [2.45, 2.75) is 25.2 Å². The zero-order chi connectivity index (χ0) is 13.7. The molecule has 2 fully saturated rings. The summed E-state index contributed by atoms with van der Waals surface area (Å²) in [5.41, 5.74) is 0.926. The molecule has 2 aliphatic carbocycles. The molecule has 4 nitrogen and oxygen atoms in total. The summed E-state index contributed by atoms with van der Waals surface area (Å²) in [5, 5.41) is 9.34. The number of carboxylic acids is 1. The molecule has 0 aliphatic heterocycles. The van der Waals surface area contributed by atoms with Crippen LogP contribution in [0.25, 0.3) is 11.5 Å². The monoisotopic (exact) mass is 269 g/mol. The number of nitrogens with zero attached hydrogens (tertiary/aromatic N) is 1. The molecule has 0 spiro atoms. The Kier molecular flexibility index (Phi) is 2.46. The molecule has 2 aromatic rings. The Balaban J connectivity index is 1.75. The predicted octanol–water partition coefficient (Wildman–Crippen LogP) is 3.55. The number of hydrogen-bond acceptors (Lipinski definition) is 3. The zero-order valence-electron chi connectivity index (χ0n) is 11.0. The van der Waals surface area contributed by atoms with Gasteiger partial charge in [0.15, 0.2) is 5.69 Å². The number of carboxylic acid groups (broad SMARTS) is 1. The normalized spacial score (nSPS) is 27.3. The van der Waals surface area contributed by atoms with Crippen molar-refractivity contribution < 1.29 is 14.3 Å². The smallest absolute Gasteiger partial charge is 0.358 e. The minimum absolute atomic E-state index is 0.100. The number of aromatic carboxylic acids is 1. The van der Waals surface area contributed by atoms with Gasteiger partial charge in [-0.1, -0.05) is 24.6 Å². The first-order chi connectivity index (χ1) is 9.75. The molecule has 2 atom stereocenters. The molecule has 0 radical (unpaired) electrons. The maximum atomic E-state index is 11.4. The maximum absolute atomic E-state index is 11.4. The average Bonchev–Trinajstić information content (AvgIpc) is 2.87. The maximum Gasteiger partial charge on any atom is 0.358 e. The van der Waals surface area contributed by atoms with Crippen molar-refractivity contribution in [1.82, 2.24) is 4.98 Å². The molecule has 0 saturated heterocycles. The van der Waals surface area contributed by atoms with Gasteiger partial charge in [0, 0.05) is 11.5 Å². The third-order valence-corrected chi connectivity index (χ3v) is 4.59. The molecular formula is C16H15NO3. The first-order valence-corrected chi connectivity index (χ1v) is 7.05. The molecule has 1 N–H and O–H groups in total. The van der Waals surface area contributed by atoms with Gasteiger partial charge in [-0.15, -0.1) is 0 Å². The van der Waals surface area contributed by atoms with E-state index in [0.717, 1.165) is 5.56 Å².